The highest BCUT2D eigenvalue weighted by molar-refractivity contribution is 9.15. The van der Waals surface area contributed by atoms with Gasteiger partial charge in [-0.1, -0.05) is 23.2 Å². The van der Waals surface area contributed by atoms with E-state index in [-0.39, 0.29) is 16.1 Å². The SMILES string of the molecule is O=C1c2c(Br)c(Br)c(Br)c(Br)c2C(=O)N1c1ccc(Cl)c(Cl)c1. The van der Waals surface area contributed by atoms with Gasteiger partial charge in [-0.2, -0.15) is 0 Å². The van der Waals surface area contributed by atoms with E-state index >= 15 is 0 Å². The van der Waals surface area contributed by atoms with Crippen molar-refractivity contribution in [3.8, 4) is 0 Å². The average molecular weight is 608 g/mol. The lowest BCUT2D eigenvalue weighted by Gasteiger charge is -2.14. The number of amides is 2. The Morgan fingerprint density at radius 3 is 1.65 bits per heavy atom. The number of carbonyl (C=O) groups excluding carboxylic acids is 2. The minimum Gasteiger partial charge on any atom is -0.268 e. The zero-order valence-corrected chi connectivity index (χ0v) is 18.6. The van der Waals surface area contributed by atoms with Crippen molar-refractivity contribution in [2.45, 2.75) is 0 Å². The molecule has 0 aromatic heterocycles. The minimum atomic E-state index is -0.441. The molecule has 9 heteroatoms. The number of nitrogens with zero attached hydrogens (tertiary/aromatic N) is 1. The average Bonchev–Trinajstić information content (AvgIpc) is 2.77. The van der Waals surface area contributed by atoms with Crippen LogP contribution in [0.25, 0.3) is 0 Å². The number of rotatable bonds is 1. The molecule has 0 radical (unpaired) electrons. The molecule has 1 aliphatic heterocycles. The molecule has 1 heterocycles. The lowest BCUT2D eigenvalue weighted by molar-refractivity contribution is 0.0926. The zero-order chi connectivity index (χ0) is 17.0. The smallest absolute Gasteiger partial charge is 0.267 e. The summed E-state index contributed by atoms with van der Waals surface area (Å²) in [6, 6.07) is 4.60. The predicted molar refractivity (Wildman–Crippen MR) is 105 cm³/mol. The van der Waals surface area contributed by atoms with Crippen LogP contribution in [0.15, 0.2) is 36.1 Å². The molecule has 0 saturated heterocycles. The van der Waals surface area contributed by atoms with Gasteiger partial charge >= 0.3 is 0 Å². The van der Waals surface area contributed by atoms with Crippen LogP contribution in [0, 0.1) is 0 Å². The number of carbonyl (C=O) groups is 2. The van der Waals surface area contributed by atoms with Crippen LogP contribution in [0.5, 0.6) is 0 Å². The maximum absolute atomic E-state index is 12.8. The van der Waals surface area contributed by atoms with E-state index in [0.717, 1.165) is 4.90 Å². The third-order valence-electron chi connectivity index (χ3n) is 3.26. The molecule has 2 aromatic rings. The fourth-order valence-electron chi connectivity index (χ4n) is 2.21. The van der Waals surface area contributed by atoms with Gasteiger partial charge in [-0.3, -0.25) is 9.59 Å². The Kier molecular flexibility index (Phi) is 5.00. The molecule has 0 saturated carbocycles. The van der Waals surface area contributed by atoms with E-state index in [4.69, 9.17) is 23.2 Å². The normalized spacial score (nSPS) is 13.7. The molecule has 0 N–H and O–H groups in total. The highest BCUT2D eigenvalue weighted by Crippen LogP contribution is 2.46. The number of imide groups is 1. The molecule has 3 rings (SSSR count). The molecule has 0 fully saturated rings. The Labute approximate surface area is 174 Å². The van der Waals surface area contributed by atoms with Crippen molar-refractivity contribution in [3.63, 3.8) is 0 Å². The van der Waals surface area contributed by atoms with Crippen molar-refractivity contribution in [1.29, 1.82) is 0 Å². The summed E-state index contributed by atoms with van der Waals surface area (Å²) in [5.41, 5.74) is 0.919. The Balaban J connectivity index is 2.24. The first-order valence-electron chi connectivity index (χ1n) is 5.95. The van der Waals surface area contributed by atoms with Gasteiger partial charge in [0.25, 0.3) is 11.8 Å². The number of hydrogen-bond donors (Lipinski definition) is 0. The second-order valence-corrected chi connectivity index (χ2v) is 8.54. The van der Waals surface area contributed by atoms with Gasteiger partial charge in [-0.05, 0) is 81.9 Å². The van der Waals surface area contributed by atoms with Crippen molar-refractivity contribution in [1.82, 2.24) is 0 Å². The molecule has 0 unspecified atom stereocenters. The second-order valence-electron chi connectivity index (χ2n) is 4.55. The quantitative estimate of drug-likeness (QED) is 0.202. The number of anilines is 1. The predicted octanol–water partition coefficient (Wildman–Crippen LogP) is 6.84. The Bertz CT molecular complexity index is 854. The van der Waals surface area contributed by atoms with Gasteiger partial charge in [0.05, 0.1) is 26.9 Å². The first-order chi connectivity index (χ1) is 10.8. The van der Waals surface area contributed by atoms with Gasteiger partial charge in [0, 0.05) is 17.9 Å². The first kappa shape index (κ1) is 17.9. The van der Waals surface area contributed by atoms with Crippen molar-refractivity contribution in [2.75, 3.05) is 4.90 Å². The van der Waals surface area contributed by atoms with Gasteiger partial charge < -0.3 is 0 Å². The molecule has 3 nitrogen and oxygen atoms in total. The Hall–Kier alpha value is 0.0800. The molecular formula is C14H3Br4Cl2NO2. The lowest BCUT2D eigenvalue weighted by atomic mass is 10.1. The van der Waals surface area contributed by atoms with Crippen molar-refractivity contribution >= 4 is 104 Å². The van der Waals surface area contributed by atoms with E-state index < -0.39 is 11.8 Å². The maximum Gasteiger partial charge on any atom is 0.267 e. The van der Waals surface area contributed by atoms with Gasteiger partial charge in [0.1, 0.15) is 0 Å². The zero-order valence-electron chi connectivity index (χ0n) is 10.8. The number of benzene rings is 2. The van der Waals surface area contributed by atoms with Crippen LogP contribution in [0.1, 0.15) is 20.7 Å². The van der Waals surface area contributed by atoms with E-state index in [1.807, 2.05) is 0 Å². The highest BCUT2D eigenvalue weighted by Gasteiger charge is 2.41. The molecule has 0 spiro atoms. The summed E-state index contributed by atoms with van der Waals surface area (Å²) in [6.45, 7) is 0. The van der Waals surface area contributed by atoms with Crippen LogP contribution in [0.3, 0.4) is 0 Å². The summed E-state index contributed by atoms with van der Waals surface area (Å²) in [7, 11) is 0. The Morgan fingerprint density at radius 2 is 1.22 bits per heavy atom. The number of hydrogen-bond acceptors (Lipinski definition) is 2. The molecule has 1 aliphatic rings. The number of halogens is 6. The van der Waals surface area contributed by atoms with E-state index in [1.165, 1.54) is 6.07 Å². The monoisotopic (exact) mass is 603 g/mol. The van der Waals surface area contributed by atoms with E-state index in [9.17, 15) is 9.59 Å². The summed E-state index contributed by atoms with van der Waals surface area (Å²) in [4.78, 5) is 26.6. The van der Waals surface area contributed by atoms with E-state index in [2.05, 4.69) is 63.7 Å². The third kappa shape index (κ3) is 2.73. The van der Waals surface area contributed by atoms with Crippen molar-refractivity contribution < 1.29 is 9.59 Å². The summed E-state index contributed by atoms with van der Waals surface area (Å²) < 4.78 is 2.28. The highest BCUT2D eigenvalue weighted by atomic mass is 79.9. The molecule has 0 atom stereocenters. The minimum absolute atomic E-state index is 0.265. The molecule has 2 amide bonds. The lowest BCUT2D eigenvalue weighted by Crippen LogP contribution is -2.29. The standard InChI is InChI=1S/C14H3Br4Cl2NO2/c15-9-7-8(10(16)12(18)11(9)17)14(23)21(13(7)22)4-1-2-5(19)6(20)3-4/h1-3H. The molecule has 23 heavy (non-hydrogen) atoms. The van der Waals surface area contributed by atoms with E-state index in [1.54, 1.807) is 12.1 Å². The van der Waals surface area contributed by atoms with Crippen LogP contribution < -0.4 is 4.90 Å². The molecule has 118 valence electrons. The summed E-state index contributed by atoms with van der Waals surface area (Å²) in [6.07, 6.45) is 0. The maximum atomic E-state index is 12.8. The van der Waals surface area contributed by atoms with Gasteiger partial charge in [-0.15, -0.1) is 0 Å². The van der Waals surface area contributed by atoms with Crippen LogP contribution in [0.4, 0.5) is 5.69 Å². The van der Waals surface area contributed by atoms with E-state index in [0.29, 0.717) is 28.6 Å². The van der Waals surface area contributed by atoms with Gasteiger partial charge in [0.15, 0.2) is 0 Å². The second kappa shape index (κ2) is 6.42. The molecule has 0 aliphatic carbocycles. The number of fused-ring (bicyclic) bond motifs is 1. The molecule has 2 aromatic carbocycles. The largest absolute Gasteiger partial charge is 0.268 e. The molecule has 0 bridgehead atoms. The van der Waals surface area contributed by atoms with Gasteiger partial charge in [-0.25, -0.2) is 4.90 Å². The fraction of sp³-hybridized carbons (Fsp3) is 0. The molecular weight excluding hydrogens is 605 g/mol. The third-order valence-corrected chi connectivity index (χ3v) is 8.77. The summed E-state index contributed by atoms with van der Waals surface area (Å²) in [5, 5.41) is 0.612. The topological polar surface area (TPSA) is 37.4 Å². The van der Waals surface area contributed by atoms with Crippen LogP contribution in [-0.2, 0) is 0 Å². The van der Waals surface area contributed by atoms with Crippen molar-refractivity contribution in [3.05, 3.63) is 57.3 Å². The van der Waals surface area contributed by atoms with Crippen molar-refractivity contribution in [2.24, 2.45) is 0 Å². The Morgan fingerprint density at radius 1 is 0.739 bits per heavy atom. The van der Waals surface area contributed by atoms with Crippen LogP contribution in [-0.4, -0.2) is 11.8 Å². The summed E-state index contributed by atoms with van der Waals surface area (Å²) >= 11 is 25.4. The van der Waals surface area contributed by atoms with Crippen LogP contribution in [0.2, 0.25) is 10.0 Å². The summed E-state index contributed by atoms with van der Waals surface area (Å²) in [5.74, 6) is -0.881. The van der Waals surface area contributed by atoms with Crippen LogP contribution >= 0.6 is 86.9 Å². The van der Waals surface area contributed by atoms with Gasteiger partial charge in [0.2, 0.25) is 0 Å². The fourth-order valence-corrected chi connectivity index (χ4v) is 4.96. The first-order valence-corrected chi connectivity index (χ1v) is 9.88.